The van der Waals surface area contributed by atoms with E-state index in [2.05, 4.69) is 5.32 Å². The summed E-state index contributed by atoms with van der Waals surface area (Å²) >= 11 is 0. The van der Waals surface area contributed by atoms with Crippen molar-refractivity contribution >= 4 is 29.0 Å². The van der Waals surface area contributed by atoms with Crippen LogP contribution in [0.25, 0.3) is 0 Å². The third kappa shape index (κ3) is 3.23. The third-order valence-corrected chi connectivity index (χ3v) is 4.50. The lowest BCUT2D eigenvalue weighted by molar-refractivity contribution is -0.114. The maximum absolute atomic E-state index is 11.4. The van der Waals surface area contributed by atoms with Crippen molar-refractivity contribution in [3.05, 3.63) is 72.0 Å². The maximum Gasteiger partial charge on any atom is 0.227 e. The van der Waals surface area contributed by atoms with Crippen LogP contribution in [0.1, 0.15) is 24.2 Å². The second-order valence-electron chi connectivity index (χ2n) is 6.39. The molecule has 0 fully saturated rings. The summed E-state index contributed by atoms with van der Waals surface area (Å²) in [6, 6.07) is 16.9. The monoisotopic (exact) mass is 376 g/mol. The fourth-order valence-corrected chi connectivity index (χ4v) is 3.21. The van der Waals surface area contributed by atoms with Gasteiger partial charge in [-0.1, -0.05) is 6.07 Å². The highest BCUT2D eigenvalue weighted by Gasteiger charge is 2.31. The van der Waals surface area contributed by atoms with E-state index in [-0.39, 0.29) is 5.91 Å². The zero-order chi connectivity index (χ0) is 19.7. The van der Waals surface area contributed by atoms with Crippen LogP contribution < -0.4 is 20.7 Å². The van der Waals surface area contributed by atoms with E-state index in [0.29, 0.717) is 17.4 Å². The molecule has 7 heteroatoms. The molecule has 1 unspecified atom stereocenters. The molecule has 2 aromatic carbocycles. The first-order chi connectivity index (χ1) is 13.6. The van der Waals surface area contributed by atoms with Crippen LogP contribution in [0.2, 0.25) is 0 Å². The highest BCUT2D eigenvalue weighted by molar-refractivity contribution is 6.12. The van der Waals surface area contributed by atoms with E-state index in [1.54, 1.807) is 13.4 Å². The van der Waals surface area contributed by atoms with Crippen molar-refractivity contribution in [2.24, 2.45) is 10.7 Å². The van der Waals surface area contributed by atoms with E-state index in [1.807, 2.05) is 59.5 Å². The van der Waals surface area contributed by atoms with Crippen LogP contribution in [-0.4, -0.2) is 18.9 Å². The van der Waals surface area contributed by atoms with Gasteiger partial charge < -0.3 is 25.1 Å². The van der Waals surface area contributed by atoms with Gasteiger partial charge in [0.05, 0.1) is 18.9 Å². The standard InChI is InChI=1S/C21H20N4O3/c1-13(26)23-15-4-3-5-16(12-15)25-19(22)18-10-11-28-21(18)24-20(25)14-6-8-17(27-2)9-7-14/h3-12,19H,22H2,1-2H3,(H,23,26). The van der Waals surface area contributed by atoms with Gasteiger partial charge in [-0.25, -0.2) is 0 Å². The lowest BCUT2D eigenvalue weighted by atomic mass is 10.1. The van der Waals surface area contributed by atoms with Gasteiger partial charge in [-0.2, -0.15) is 4.99 Å². The number of hydrogen-bond donors (Lipinski definition) is 2. The lowest BCUT2D eigenvalue weighted by Gasteiger charge is -2.34. The number of nitrogens with one attached hydrogen (secondary N) is 1. The number of benzene rings is 2. The topological polar surface area (TPSA) is 93.1 Å². The van der Waals surface area contributed by atoms with E-state index in [9.17, 15) is 4.79 Å². The number of carbonyl (C=O) groups is 1. The Morgan fingerprint density at radius 3 is 2.71 bits per heavy atom. The van der Waals surface area contributed by atoms with Crippen molar-refractivity contribution < 1.29 is 13.9 Å². The number of ether oxygens (including phenoxy) is 1. The largest absolute Gasteiger partial charge is 0.497 e. The highest BCUT2D eigenvalue weighted by Crippen LogP contribution is 2.38. The first-order valence-corrected chi connectivity index (χ1v) is 8.80. The Balaban J connectivity index is 1.82. The predicted octanol–water partition coefficient (Wildman–Crippen LogP) is 3.80. The Morgan fingerprint density at radius 1 is 1.21 bits per heavy atom. The van der Waals surface area contributed by atoms with E-state index in [1.165, 1.54) is 6.92 Å². The molecule has 2 heterocycles. The van der Waals surface area contributed by atoms with E-state index < -0.39 is 6.17 Å². The van der Waals surface area contributed by atoms with Crippen molar-refractivity contribution in [3.8, 4) is 5.75 Å². The first-order valence-electron chi connectivity index (χ1n) is 8.80. The van der Waals surface area contributed by atoms with E-state index in [4.69, 9.17) is 19.9 Å². The third-order valence-electron chi connectivity index (χ3n) is 4.50. The summed E-state index contributed by atoms with van der Waals surface area (Å²) in [6.45, 7) is 1.47. The summed E-state index contributed by atoms with van der Waals surface area (Å²) in [4.78, 5) is 18.1. The molecule has 1 aromatic heterocycles. The summed E-state index contributed by atoms with van der Waals surface area (Å²) < 4.78 is 10.8. The normalized spacial score (nSPS) is 15.6. The quantitative estimate of drug-likeness (QED) is 0.722. The predicted molar refractivity (Wildman–Crippen MR) is 108 cm³/mol. The number of fused-ring (bicyclic) bond motifs is 1. The smallest absolute Gasteiger partial charge is 0.227 e. The van der Waals surface area contributed by atoms with Crippen LogP contribution in [0, 0.1) is 0 Å². The maximum atomic E-state index is 11.4. The molecule has 142 valence electrons. The van der Waals surface area contributed by atoms with Crippen LogP contribution in [-0.2, 0) is 4.79 Å². The van der Waals surface area contributed by atoms with Crippen LogP contribution >= 0.6 is 0 Å². The van der Waals surface area contributed by atoms with E-state index >= 15 is 0 Å². The van der Waals surface area contributed by atoms with Crippen molar-refractivity contribution in [3.63, 3.8) is 0 Å². The average molecular weight is 376 g/mol. The molecule has 1 amide bonds. The van der Waals surface area contributed by atoms with Crippen LogP contribution in [0.3, 0.4) is 0 Å². The Kier molecular flexibility index (Phi) is 4.58. The number of carbonyl (C=O) groups excluding carboxylic acids is 1. The van der Waals surface area contributed by atoms with Crippen LogP contribution in [0.4, 0.5) is 17.3 Å². The Bertz CT molecular complexity index is 1040. The van der Waals surface area contributed by atoms with Gasteiger partial charge in [-0.3, -0.25) is 4.79 Å². The molecule has 4 rings (SSSR count). The summed E-state index contributed by atoms with van der Waals surface area (Å²) in [5.41, 5.74) is 9.72. The summed E-state index contributed by atoms with van der Waals surface area (Å²) in [5.74, 6) is 1.76. The minimum absolute atomic E-state index is 0.138. The van der Waals surface area contributed by atoms with E-state index in [0.717, 1.165) is 22.6 Å². The minimum atomic E-state index is -0.490. The van der Waals surface area contributed by atoms with Crippen molar-refractivity contribution in [2.45, 2.75) is 13.1 Å². The van der Waals surface area contributed by atoms with Gasteiger partial charge >= 0.3 is 0 Å². The number of hydrogen-bond acceptors (Lipinski definition) is 6. The number of furan rings is 1. The second-order valence-corrected chi connectivity index (χ2v) is 6.39. The molecule has 1 aliphatic heterocycles. The number of nitrogens with zero attached hydrogens (tertiary/aromatic N) is 2. The number of nitrogens with two attached hydrogens (primary N) is 1. The van der Waals surface area contributed by atoms with Gasteiger partial charge in [0, 0.05) is 23.9 Å². The Labute approximate surface area is 162 Å². The Morgan fingerprint density at radius 2 is 2.00 bits per heavy atom. The van der Waals surface area contributed by atoms with Crippen LogP contribution in [0.15, 0.2) is 70.3 Å². The molecule has 7 nitrogen and oxygen atoms in total. The molecule has 3 aromatic rings. The lowest BCUT2D eigenvalue weighted by Crippen LogP contribution is -2.42. The van der Waals surface area contributed by atoms with Crippen molar-refractivity contribution in [1.29, 1.82) is 0 Å². The van der Waals surface area contributed by atoms with Crippen molar-refractivity contribution in [1.82, 2.24) is 0 Å². The summed E-state index contributed by atoms with van der Waals surface area (Å²) in [7, 11) is 1.62. The number of anilines is 2. The molecule has 0 bridgehead atoms. The number of aliphatic imine (C=N–C) groups is 1. The molecule has 1 atom stereocenters. The zero-order valence-electron chi connectivity index (χ0n) is 15.5. The van der Waals surface area contributed by atoms with Gasteiger partial charge in [0.2, 0.25) is 11.8 Å². The highest BCUT2D eigenvalue weighted by atomic mass is 16.5. The number of rotatable bonds is 4. The number of methoxy groups -OCH3 is 1. The van der Waals surface area contributed by atoms with Gasteiger partial charge in [0.1, 0.15) is 17.8 Å². The molecule has 1 aliphatic rings. The Hall–Kier alpha value is -3.58. The molecule has 3 N–H and O–H groups in total. The van der Waals surface area contributed by atoms with Gasteiger partial charge in [-0.15, -0.1) is 0 Å². The van der Waals surface area contributed by atoms with Gasteiger partial charge in [0.25, 0.3) is 0 Å². The van der Waals surface area contributed by atoms with Crippen molar-refractivity contribution in [2.75, 3.05) is 17.3 Å². The summed E-state index contributed by atoms with van der Waals surface area (Å²) in [6.07, 6.45) is 1.09. The van der Waals surface area contributed by atoms with Gasteiger partial charge in [0.15, 0.2) is 0 Å². The molecular weight excluding hydrogens is 356 g/mol. The SMILES string of the molecule is COc1ccc(C2=Nc3occc3C(N)N2c2cccc(NC(C)=O)c2)cc1. The molecule has 0 radical (unpaired) electrons. The molecule has 0 aliphatic carbocycles. The number of amidine groups is 1. The second kappa shape index (κ2) is 7.21. The molecule has 0 saturated heterocycles. The molecule has 0 spiro atoms. The fourth-order valence-electron chi connectivity index (χ4n) is 3.21. The molecule has 28 heavy (non-hydrogen) atoms. The van der Waals surface area contributed by atoms with Crippen LogP contribution in [0.5, 0.6) is 5.75 Å². The molecular formula is C21H20N4O3. The summed E-state index contributed by atoms with van der Waals surface area (Å²) in [5, 5.41) is 2.80. The molecule has 0 saturated carbocycles. The zero-order valence-corrected chi connectivity index (χ0v) is 15.5. The first kappa shape index (κ1) is 17.8. The average Bonchev–Trinajstić information content (AvgIpc) is 3.17. The van der Waals surface area contributed by atoms with Gasteiger partial charge in [-0.05, 0) is 48.5 Å². The fraction of sp³-hybridized carbons (Fsp3) is 0.143. The minimum Gasteiger partial charge on any atom is -0.497 e. The number of amides is 1.